The molecule has 1 saturated heterocycles. The largest absolute Gasteiger partial charge is 0.351 e. The van der Waals surface area contributed by atoms with Crippen LogP contribution in [0.4, 0.5) is 11.4 Å². The van der Waals surface area contributed by atoms with Crippen LogP contribution in [0.5, 0.6) is 0 Å². The van der Waals surface area contributed by atoms with Crippen LogP contribution in [-0.2, 0) is 4.79 Å². The highest BCUT2D eigenvalue weighted by atomic mass is 32.1. The zero-order chi connectivity index (χ0) is 26.1. The van der Waals surface area contributed by atoms with Gasteiger partial charge in [-0.15, -0.1) is 0 Å². The van der Waals surface area contributed by atoms with Gasteiger partial charge in [-0.25, -0.2) is 4.98 Å². The summed E-state index contributed by atoms with van der Waals surface area (Å²) < 4.78 is 2.10. The third-order valence-electron chi connectivity index (χ3n) is 6.59. The average molecular weight is 511 g/mol. The normalized spacial score (nSPS) is 17.2. The summed E-state index contributed by atoms with van der Waals surface area (Å²) in [6.07, 6.45) is 5.70. The van der Waals surface area contributed by atoms with Crippen LogP contribution in [0, 0.1) is 19.8 Å². The van der Waals surface area contributed by atoms with Crippen molar-refractivity contribution in [1.82, 2.24) is 19.9 Å². The molecular formula is C29H30N6OS. The van der Waals surface area contributed by atoms with Gasteiger partial charge < -0.3 is 20.1 Å². The van der Waals surface area contributed by atoms with Crippen molar-refractivity contribution in [3.63, 3.8) is 0 Å². The van der Waals surface area contributed by atoms with Crippen molar-refractivity contribution in [2.24, 2.45) is 5.92 Å². The van der Waals surface area contributed by atoms with E-state index in [2.05, 4.69) is 48.3 Å². The Labute approximate surface area is 222 Å². The first-order chi connectivity index (χ1) is 17.8. The van der Waals surface area contributed by atoms with Gasteiger partial charge in [0, 0.05) is 41.6 Å². The van der Waals surface area contributed by atoms with Gasteiger partial charge in [0.15, 0.2) is 5.11 Å². The Morgan fingerprint density at radius 1 is 1.05 bits per heavy atom. The fourth-order valence-corrected chi connectivity index (χ4v) is 4.94. The summed E-state index contributed by atoms with van der Waals surface area (Å²) >= 11 is 5.90. The summed E-state index contributed by atoms with van der Waals surface area (Å²) in [4.78, 5) is 23.8. The standard InChI is InChI=1S/C29H30N6OS/c1-18(2)28(36)32-22-12-11-21(16-20(22)4)35-27(26(33-29(35)37)23-8-5-6-14-30-23)24-9-7-15-34(24)25-13-10-19(3)17-31-25/h5-18,26-27H,1-4H3,(H,32,36)(H,33,37)/t26-,27-/m0/s1. The fraction of sp³-hybridized carbons (Fsp3) is 0.241. The molecule has 4 heterocycles. The van der Waals surface area contributed by atoms with E-state index in [1.54, 1.807) is 6.20 Å². The van der Waals surface area contributed by atoms with Crippen LogP contribution in [0.25, 0.3) is 5.82 Å². The van der Waals surface area contributed by atoms with Crippen molar-refractivity contribution < 1.29 is 4.79 Å². The third-order valence-corrected chi connectivity index (χ3v) is 6.91. The molecule has 8 heteroatoms. The third kappa shape index (κ3) is 4.84. The van der Waals surface area contributed by atoms with Gasteiger partial charge in [0.25, 0.3) is 0 Å². The van der Waals surface area contributed by atoms with E-state index in [9.17, 15) is 4.79 Å². The second-order valence-electron chi connectivity index (χ2n) is 9.64. The van der Waals surface area contributed by atoms with Crippen molar-refractivity contribution in [3.05, 3.63) is 102 Å². The molecule has 1 aliphatic heterocycles. The van der Waals surface area contributed by atoms with Crippen LogP contribution in [0.15, 0.2) is 79.3 Å². The number of carbonyl (C=O) groups is 1. The summed E-state index contributed by atoms with van der Waals surface area (Å²) in [6, 6.07) is 19.8. The zero-order valence-electron chi connectivity index (χ0n) is 21.3. The smallest absolute Gasteiger partial charge is 0.226 e. The number of nitrogens with one attached hydrogen (secondary N) is 2. The van der Waals surface area contributed by atoms with Crippen molar-refractivity contribution in [1.29, 1.82) is 0 Å². The molecule has 1 aromatic carbocycles. The lowest BCUT2D eigenvalue weighted by atomic mass is 10.0. The summed E-state index contributed by atoms with van der Waals surface area (Å²) in [5.74, 6) is 0.734. The molecule has 1 fully saturated rings. The van der Waals surface area contributed by atoms with Crippen LogP contribution in [0.1, 0.15) is 48.4 Å². The molecule has 2 N–H and O–H groups in total. The molecule has 188 valence electrons. The van der Waals surface area contributed by atoms with Crippen molar-refractivity contribution >= 4 is 34.6 Å². The van der Waals surface area contributed by atoms with E-state index >= 15 is 0 Å². The molecular weight excluding hydrogens is 480 g/mol. The highest BCUT2D eigenvalue weighted by Gasteiger charge is 2.42. The molecule has 0 aliphatic carbocycles. The first kappa shape index (κ1) is 24.6. The molecule has 2 atom stereocenters. The van der Waals surface area contributed by atoms with Crippen molar-refractivity contribution in [2.75, 3.05) is 10.2 Å². The summed E-state index contributed by atoms with van der Waals surface area (Å²) in [5, 5.41) is 7.15. The molecule has 37 heavy (non-hydrogen) atoms. The molecule has 5 rings (SSSR count). The van der Waals surface area contributed by atoms with E-state index in [0.717, 1.165) is 39.7 Å². The first-order valence-electron chi connectivity index (χ1n) is 12.4. The van der Waals surface area contributed by atoms with Crippen molar-refractivity contribution in [3.8, 4) is 5.82 Å². The highest BCUT2D eigenvalue weighted by Crippen LogP contribution is 2.42. The Balaban J connectivity index is 1.59. The minimum Gasteiger partial charge on any atom is -0.351 e. The minimum absolute atomic E-state index is 0.00859. The summed E-state index contributed by atoms with van der Waals surface area (Å²) in [7, 11) is 0. The van der Waals surface area contributed by atoms with Crippen LogP contribution in [0.2, 0.25) is 0 Å². The Morgan fingerprint density at radius 3 is 2.57 bits per heavy atom. The molecule has 3 aromatic heterocycles. The van der Waals surface area contributed by atoms with Crippen LogP contribution in [0.3, 0.4) is 0 Å². The van der Waals surface area contributed by atoms with E-state index in [-0.39, 0.29) is 23.9 Å². The Morgan fingerprint density at radius 2 is 1.89 bits per heavy atom. The van der Waals surface area contributed by atoms with E-state index in [0.29, 0.717) is 5.11 Å². The molecule has 1 aliphatic rings. The fourth-order valence-electron chi connectivity index (χ4n) is 4.59. The molecule has 0 unspecified atom stereocenters. The molecule has 0 spiro atoms. The number of thiocarbonyl (C=S) groups is 1. The number of hydrogen-bond donors (Lipinski definition) is 2. The van der Waals surface area contributed by atoms with E-state index in [1.807, 2.05) is 82.6 Å². The van der Waals surface area contributed by atoms with Crippen molar-refractivity contribution in [2.45, 2.75) is 39.8 Å². The lowest BCUT2D eigenvalue weighted by Crippen LogP contribution is -2.30. The first-order valence-corrected chi connectivity index (χ1v) is 12.8. The van der Waals surface area contributed by atoms with E-state index in [4.69, 9.17) is 12.2 Å². The van der Waals surface area contributed by atoms with Gasteiger partial charge in [-0.2, -0.15) is 0 Å². The second kappa shape index (κ2) is 10.1. The lowest BCUT2D eigenvalue weighted by molar-refractivity contribution is -0.118. The monoisotopic (exact) mass is 510 g/mol. The summed E-state index contributed by atoms with van der Waals surface area (Å²) in [5.41, 5.74) is 5.74. The van der Waals surface area contributed by atoms with Crippen LogP contribution >= 0.6 is 12.2 Å². The van der Waals surface area contributed by atoms with Crippen LogP contribution < -0.4 is 15.5 Å². The van der Waals surface area contributed by atoms with Gasteiger partial charge in [0.2, 0.25) is 5.91 Å². The molecule has 0 bridgehead atoms. The Bertz CT molecular complexity index is 1430. The summed E-state index contributed by atoms with van der Waals surface area (Å²) in [6.45, 7) is 7.79. The number of rotatable bonds is 6. The predicted octanol–water partition coefficient (Wildman–Crippen LogP) is 5.66. The van der Waals surface area contributed by atoms with E-state index < -0.39 is 0 Å². The maximum Gasteiger partial charge on any atom is 0.226 e. The molecule has 1 amide bonds. The lowest BCUT2D eigenvalue weighted by Gasteiger charge is -2.29. The van der Waals surface area contributed by atoms with Gasteiger partial charge in [-0.3, -0.25) is 9.78 Å². The maximum atomic E-state index is 12.3. The predicted molar refractivity (Wildman–Crippen MR) is 151 cm³/mol. The van der Waals surface area contributed by atoms with Gasteiger partial charge in [0.05, 0.1) is 11.7 Å². The van der Waals surface area contributed by atoms with E-state index in [1.165, 1.54) is 0 Å². The number of hydrogen-bond acceptors (Lipinski definition) is 4. The van der Waals surface area contributed by atoms with Crippen LogP contribution in [-0.4, -0.2) is 25.6 Å². The Kier molecular flexibility index (Phi) is 6.76. The molecule has 7 nitrogen and oxygen atoms in total. The Hall–Kier alpha value is -4.04. The molecule has 0 saturated carbocycles. The molecule has 4 aromatic rings. The number of anilines is 2. The molecule has 0 radical (unpaired) electrons. The second-order valence-corrected chi connectivity index (χ2v) is 10.0. The quantitative estimate of drug-likeness (QED) is 0.326. The van der Waals surface area contributed by atoms with Gasteiger partial charge >= 0.3 is 0 Å². The number of amides is 1. The minimum atomic E-state index is -0.184. The zero-order valence-corrected chi connectivity index (χ0v) is 22.2. The van der Waals surface area contributed by atoms with Gasteiger partial charge in [0.1, 0.15) is 11.9 Å². The van der Waals surface area contributed by atoms with Gasteiger partial charge in [-0.05, 0) is 85.7 Å². The highest BCUT2D eigenvalue weighted by molar-refractivity contribution is 7.80. The number of nitrogens with zero attached hydrogens (tertiary/aromatic N) is 4. The maximum absolute atomic E-state index is 12.3. The SMILES string of the molecule is Cc1ccc(-n2cccc2[C@H]2[C@H](c3ccccn3)NC(=S)N2c2ccc(NC(=O)C(C)C)c(C)c2)nc1. The number of carbonyl (C=O) groups excluding carboxylic acids is 1. The van der Waals surface area contributed by atoms with Gasteiger partial charge in [-0.1, -0.05) is 26.0 Å². The average Bonchev–Trinajstić information content (AvgIpc) is 3.50. The number of benzene rings is 1. The number of pyridine rings is 2. The number of aryl methyl sites for hydroxylation is 2. The topological polar surface area (TPSA) is 75.1 Å². The number of aromatic nitrogens is 3.